The number of urea groups is 1. The number of anilines is 3. The van der Waals surface area contributed by atoms with Gasteiger partial charge in [-0.1, -0.05) is 0 Å². The van der Waals surface area contributed by atoms with E-state index >= 15 is 0 Å². The van der Waals surface area contributed by atoms with Gasteiger partial charge in [0, 0.05) is 29.2 Å². The van der Waals surface area contributed by atoms with Crippen LogP contribution in [0, 0.1) is 0 Å². The molecular weight excluding hydrogens is 480 g/mol. The van der Waals surface area contributed by atoms with E-state index in [1.165, 1.54) is 0 Å². The van der Waals surface area contributed by atoms with E-state index in [1.54, 1.807) is 30.2 Å². The molecule has 1 fully saturated rings. The largest absolute Gasteiger partial charge is 0.497 e. The Hall–Kier alpha value is -3.27. The summed E-state index contributed by atoms with van der Waals surface area (Å²) < 4.78 is 11.9. The smallest absolute Gasteiger partial charge is 0.323 e. The highest BCUT2D eigenvalue weighted by molar-refractivity contribution is 7.98. The summed E-state index contributed by atoms with van der Waals surface area (Å²) in [6.07, 6.45) is 2.02. The zero-order valence-corrected chi connectivity index (χ0v) is 21.2. The number of aromatic nitrogens is 1. The number of morpholine rings is 1. The first-order chi connectivity index (χ1) is 17.1. The summed E-state index contributed by atoms with van der Waals surface area (Å²) >= 11 is 3.30. The van der Waals surface area contributed by atoms with Crippen molar-refractivity contribution in [3.63, 3.8) is 0 Å². The average Bonchev–Trinajstić information content (AvgIpc) is 3.32. The highest BCUT2D eigenvalue weighted by Crippen LogP contribution is 2.38. The van der Waals surface area contributed by atoms with Crippen LogP contribution in [0.25, 0.3) is 20.8 Å². The Bertz CT molecular complexity index is 1320. The van der Waals surface area contributed by atoms with Crippen LogP contribution in [0.15, 0.2) is 65.6 Å². The molecule has 7 nitrogen and oxygen atoms in total. The number of rotatable bonds is 6. The Morgan fingerprint density at radius 3 is 2.49 bits per heavy atom. The van der Waals surface area contributed by atoms with Gasteiger partial charge in [0.25, 0.3) is 0 Å². The van der Waals surface area contributed by atoms with Gasteiger partial charge < -0.3 is 25.0 Å². The molecule has 1 aliphatic rings. The fraction of sp³-hybridized carbons (Fsp3) is 0.231. The Morgan fingerprint density at radius 2 is 1.80 bits per heavy atom. The van der Waals surface area contributed by atoms with Gasteiger partial charge in [0.2, 0.25) is 0 Å². The van der Waals surface area contributed by atoms with Gasteiger partial charge in [-0.25, -0.2) is 9.78 Å². The number of benzene rings is 3. The van der Waals surface area contributed by atoms with Gasteiger partial charge in [0.1, 0.15) is 10.8 Å². The maximum atomic E-state index is 12.9. The Morgan fingerprint density at radius 1 is 1.06 bits per heavy atom. The molecule has 5 rings (SSSR count). The molecule has 0 saturated carbocycles. The fourth-order valence-corrected chi connectivity index (χ4v) is 5.34. The number of thiazole rings is 1. The molecule has 2 N–H and O–H groups in total. The molecule has 1 aromatic heterocycles. The predicted molar refractivity (Wildman–Crippen MR) is 146 cm³/mol. The third-order valence-corrected chi connectivity index (χ3v) is 7.60. The number of thioether (sulfide) groups is 1. The van der Waals surface area contributed by atoms with Crippen LogP contribution in [0.5, 0.6) is 5.75 Å². The van der Waals surface area contributed by atoms with Gasteiger partial charge in [-0.05, 0) is 66.9 Å². The second-order valence-electron chi connectivity index (χ2n) is 7.99. The number of hydrogen-bond acceptors (Lipinski definition) is 7. The van der Waals surface area contributed by atoms with Crippen LogP contribution in [0.4, 0.5) is 21.9 Å². The topological polar surface area (TPSA) is 75.7 Å². The van der Waals surface area contributed by atoms with Crippen LogP contribution in [-0.4, -0.2) is 50.7 Å². The highest BCUT2D eigenvalue weighted by atomic mass is 32.2. The van der Waals surface area contributed by atoms with E-state index in [0.717, 1.165) is 61.6 Å². The number of hydrogen-bond donors (Lipinski definition) is 2. The predicted octanol–water partition coefficient (Wildman–Crippen LogP) is 6.17. The van der Waals surface area contributed by atoms with E-state index in [4.69, 9.17) is 14.5 Å². The van der Waals surface area contributed by atoms with E-state index in [-0.39, 0.29) is 6.03 Å². The summed E-state index contributed by atoms with van der Waals surface area (Å²) in [5.41, 5.74) is 4.31. The molecule has 0 bridgehead atoms. The van der Waals surface area contributed by atoms with Crippen molar-refractivity contribution in [2.45, 2.75) is 4.90 Å². The van der Waals surface area contributed by atoms with Crippen LogP contribution in [0.2, 0.25) is 0 Å². The number of ether oxygens (including phenoxy) is 2. The fourth-order valence-electron chi connectivity index (χ4n) is 3.95. The van der Waals surface area contributed by atoms with E-state index in [9.17, 15) is 4.79 Å². The van der Waals surface area contributed by atoms with Gasteiger partial charge in [0.05, 0.1) is 41.9 Å². The summed E-state index contributed by atoms with van der Waals surface area (Å²) in [6, 6.07) is 19.5. The van der Waals surface area contributed by atoms with Crippen molar-refractivity contribution in [2.75, 3.05) is 55.2 Å². The van der Waals surface area contributed by atoms with E-state index in [0.29, 0.717) is 13.2 Å². The minimum absolute atomic E-state index is 0.290. The van der Waals surface area contributed by atoms with E-state index < -0.39 is 0 Å². The number of nitrogens with one attached hydrogen (secondary N) is 2. The molecule has 0 radical (unpaired) electrons. The van der Waals surface area contributed by atoms with Gasteiger partial charge in [-0.3, -0.25) is 0 Å². The molecule has 1 saturated heterocycles. The van der Waals surface area contributed by atoms with Crippen molar-refractivity contribution in [3.05, 3.63) is 60.7 Å². The zero-order valence-electron chi connectivity index (χ0n) is 19.5. The van der Waals surface area contributed by atoms with Gasteiger partial charge in [-0.2, -0.15) is 0 Å². The Balaban J connectivity index is 1.45. The summed E-state index contributed by atoms with van der Waals surface area (Å²) in [5, 5.41) is 6.90. The maximum Gasteiger partial charge on any atom is 0.323 e. The first-order valence-corrected chi connectivity index (χ1v) is 13.3. The van der Waals surface area contributed by atoms with Crippen molar-refractivity contribution >= 4 is 56.4 Å². The molecule has 0 atom stereocenters. The zero-order chi connectivity index (χ0) is 24.2. The van der Waals surface area contributed by atoms with Gasteiger partial charge >= 0.3 is 6.03 Å². The molecule has 9 heteroatoms. The Labute approximate surface area is 212 Å². The monoisotopic (exact) mass is 506 g/mol. The third-order valence-electron chi connectivity index (χ3n) is 5.79. The van der Waals surface area contributed by atoms with Crippen LogP contribution in [0.1, 0.15) is 0 Å². The average molecular weight is 507 g/mol. The maximum absolute atomic E-state index is 12.9. The number of methoxy groups -OCH3 is 1. The lowest BCUT2D eigenvalue weighted by atomic mass is 10.2. The minimum atomic E-state index is -0.290. The number of fused-ring (bicyclic) bond motifs is 1. The normalized spacial score (nSPS) is 13.6. The first-order valence-electron chi connectivity index (χ1n) is 11.3. The summed E-state index contributed by atoms with van der Waals surface area (Å²) in [6.45, 7) is 2.85. The van der Waals surface area contributed by atoms with Gasteiger partial charge in [-0.15, -0.1) is 23.1 Å². The molecular formula is C26H26N4O3S2. The first kappa shape index (κ1) is 23.5. The summed E-state index contributed by atoms with van der Waals surface area (Å²) in [5.74, 6) is 0.810. The second kappa shape index (κ2) is 10.6. The summed E-state index contributed by atoms with van der Waals surface area (Å²) in [4.78, 5) is 21.1. The number of carbonyl (C=O) groups is 1. The van der Waals surface area contributed by atoms with Crippen molar-refractivity contribution < 1.29 is 14.3 Å². The third kappa shape index (κ3) is 5.37. The lowest BCUT2D eigenvalue weighted by molar-refractivity contribution is 0.123. The van der Waals surface area contributed by atoms with E-state index in [1.807, 2.05) is 60.9 Å². The molecule has 0 aliphatic carbocycles. The lowest BCUT2D eigenvalue weighted by Gasteiger charge is -2.30. The SMILES string of the molecule is COc1ccc(-c2nc3cc(NC(=O)Nc4ccc(SC)cc4)c(N4CCOCC4)cc3s2)cc1. The molecule has 0 spiro atoms. The van der Waals surface area contributed by atoms with E-state index in [2.05, 4.69) is 21.6 Å². The molecule has 4 aromatic rings. The van der Waals surface area contributed by atoms with Crippen LogP contribution in [0.3, 0.4) is 0 Å². The van der Waals surface area contributed by atoms with Crippen molar-refractivity contribution in [1.29, 1.82) is 0 Å². The van der Waals surface area contributed by atoms with Crippen molar-refractivity contribution in [2.24, 2.45) is 0 Å². The molecule has 2 amide bonds. The van der Waals surface area contributed by atoms with Crippen LogP contribution < -0.4 is 20.3 Å². The molecule has 35 heavy (non-hydrogen) atoms. The standard InChI is InChI=1S/C26H26N4O3S2/c1-32-19-7-3-17(4-8-19)25-28-22-15-21(23(16-24(22)35-25)30-11-13-33-14-12-30)29-26(31)27-18-5-9-20(34-2)10-6-18/h3-10,15-16H,11-14H2,1-2H3,(H2,27,29,31). The molecule has 1 aliphatic heterocycles. The molecule has 180 valence electrons. The quantitative estimate of drug-likeness (QED) is 0.305. The van der Waals surface area contributed by atoms with Crippen molar-refractivity contribution in [3.8, 4) is 16.3 Å². The summed E-state index contributed by atoms with van der Waals surface area (Å²) in [7, 11) is 1.66. The molecule has 0 unspecified atom stereocenters. The van der Waals surface area contributed by atoms with Crippen LogP contribution in [-0.2, 0) is 4.74 Å². The molecule has 3 aromatic carbocycles. The minimum Gasteiger partial charge on any atom is -0.497 e. The Kier molecular flexibility index (Phi) is 7.08. The second-order valence-corrected chi connectivity index (χ2v) is 9.90. The van der Waals surface area contributed by atoms with Crippen molar-refractivity contribution in [1.82, 2.24) is 4.98 Å². The lowest BCUT2D eigenvalue weighted by Crippen LogP contribution is -2.37. The highest BCUT2D eigenvalue weighted by Gasteiger charge is 2.19. The number of carbonyl (C=O) groups excluding carboxylic acids is 1. The molecule has 2 heterocycles. The number of amides is 2. The van der Waals surface area contributed by atoms with Gasteiger partial charge in [0.15, 0.2) is 0 Å². The number of nitrogens with zero attached hydrogens (tertiary/aromatic N) is 2. The van der Waals surface area contributed by atoms with Crippen LogP contribution >= 0.6 is 23.1 Å².